The summed E-state index contributed by atoms with van der Waals surface area (Å²) < 4.78 is 348. The molecule has 1 heterocycles. The van der Waals surface area contributed by atoms with Crippen molar-refractivity contribution in [2.75, 3.05) is 5.52 Å². The first-order valence-electron chi connectivity index (χ1n) is 20.0. The molecule has 0 aliphatic rings. The Morgan fingerprint density at radius 1 is 0.440 bits per heavy atom. The maximum Gasteiger partial charge on any atom is 0.416 e. The van der Waals surface area contributed by atoms with Gasteiger partial charge in [0.2, 0.25) is 18.5 Å². The molecular formula is C45H24BBrF24N2O2. The molecule has 75 heavy (non-hydrogen) atoms. The fourth-order valence-corrected chi connectivity index (χ4v) is 7.83. The van der Waals surface area contributed by atoms with Gasteiger partial charge in [0.15, 0.2) is 6.20 Å². The first kappa shape index (κ1) is 59.4. The normalized spacial score (nSPS) is 13.3. The van der Waals surface area contributed by atoms with Gasteiger partial charge in [0.05, 0.1) is 50.7 Å². The van der Waals surface area contributed by atoms with E-state index in [1.54, 1.807) is 35.3 Å². The highest BCUT2D eigenvalue weighted by Gasteiger charge is 2.47. The van der Waals surface area contributed by atoms with Gasteiger partial charge in [-0.05, 0) is 40.2 Å². The van der Waals surface area contributed by atoms with Crippen molar-refractivity contribution < 1.29 is 119 Å². The van der Waals surface area contributed by atoms with Crippen LogP contribution in [0.25, 0.3) is 0 Å². The lowest BCUT2D eigenvalue weighted by atomic mass is 9.12. The molecule has 5 aromatic carbocycles. The summed E-state index contributed by atoms with van der Waals surface area (Å²) in [7, 11) is 0. The molecular weight excluding hydrogens is 1150 g/mol. The average molecular weight is 1170 g/mol. The molecule has 1 aromatic heterocycles. The highest BCUT2D eigenvalue weighted by Crippen LogP contribution is 2.41. The van der Waals surface area contributed by atoms with E-state index in [9.17, 15) is 110 Å². The van der Waals surface area contributed by atoms with E-state index in [1.807, 2.05) is 18.2 Å². The van der Waals surface area contributed by atoms with Crippen molar-refractivity contribution in [1.29, 1.82) is 0 Å². The molecule has 0 N–H and O–H groups in total. The van der Waals surface area contributed by atoms with E-state index >= 15 is 0 Å². The van der Waals surface area contributed by atoms with Gasteiger partial charge in [-0.3, -0.25) is 4.79 Å². The highest BCUT2D eigenvalue weighted by molar-refractivity contribution is 9.09. The first-order chi connectivity index (χ1) is 34.1. The first-order valence-corrected chi connectivity index (χ1v) is 21.2. The van der Waals surface area contributed by atoms with Crippen LogP contribution >= 0.6 is 15.9 Å². The number of nitrogens with zero attached hydrogens (tertiary/aromatic N) is 2. The second-order valence-electron chi connectivity index (χ2n) is 15.8. The van der Waals surface area contributed by atoms with Crippen LogP contribution in [0, 0.1) is 0 Å². The van der Waals surface area contributed by atoms with Crippen molar-refractivity contribution in [2.24, 2.45) is 0 Å². The van der Waals surface area contributed by atoms with Gasteiger partial charge in [0.25, 0.3) is 5.88 Å². The van der Waals surface area contributed by atoms with E-state index < -0.39 is 195 Å². The summed E-state index contributed by atoms with van der Waals surface area (Å²) in [5, 5.41) is 0. The zero-order chi connectivity index (χ0) is 56.7. The minimum absolute atomic E-state index is 0.0524. The summed E-state index contributed by atoms with van der Waals surface area (Å²) in [5.74, 6) is 0.534. The number of carbonyl (C=O) groups is 1. The Kier molecular flexibility index (Phi) is 16.6. The molecule has 0 bridgehead atoms. The number of benzene rings is 5. The molecule has 0 saturated carbocycles. The predicted molar refractivity (Wildman–Crippen MR) is 220 cm³/mol. The SMILES string of the molecule is FC(F)(F)c1cc([B-](c2cc(C(F)(F)F)cc(C(F)(F)F)c2)(c2cc(C(F)(F)F)cc(C(F)(F)F)c2)c2cc(C(F)(F)F)cc(C(F)(F)F)c2)cc(C(F)(F)F)c1.O=C(C[n+]1ccnc(OCBr)c1)c1ccccc1. The van der Waals surface area contributed by atoms with Crippen LogP contribution in [0.1, 0.15) is 54.9 Å². The highest BCUT2D eigenvalue weighted by atomic mass is 79.9. The zero-order valence-electron chi connectivity index (χ0n) is 36.2. The maximum atomic E-state index is 14.2. The summed E-state index contributed by atoms with van der Waals surface area (Å²) in [6, 6.07) is 0.390. The number of carbonyl (C=O) groups excluding carboxylic acids is 1. The quantitative estimate of drug-likeness (QED) is 0.0476. The van der Waals surface area contributed by atoms with Crippen LogP contribution in [0.15, 0.2) is 122 Å². The van der Waals surface area contributed by atoms with Gasteiger partial charge in [0.1, 0.15) is 11.7 Å². The Bertz CT molecular complexity index is 2570. The van der Waals surface area contributed by atoms with E-state index in [2.05, 4.69) is 20.9 Å². The summed E-state index contributed by atoms with van der Waals surface area (Å²) in [5.41, 5.74) is -29.1. The van der Waals surface area contributed by atoms with E-state index in [1.165, 1.54) is 0 Å². The molecule has 6 aromatic rings. The van der Waals surface area contributed by atoms with Gasteiger partial charge in [-0.2, -0.15) is 132 Å². The molecule has 30 heteroatoms. The van der Waals surface area contributed by atoms with Gasteiger partial charge in [-0.25, -0.2) is 4.98 Å². The van der Waals surface area contributed by atoms with Crippen molar-refractivity contribution >= 4 is 49.7 Å². The van der Waals surface area contributed by atoms with Gasteiger partial charge < -0.3 is 4.74 Å². The monoisotopic (exact) mass is 1170 g/mol. The minimum atomic E-state index is -6.13. The van der Waals surface area contributed by atoms with E-state index in [0.717, 1.165) is 0 Å². The van der Waals surface area contributed by atoms with E-state index in [0.29, 0.717) is 17.0 Å². The molecule has 0 aliphatic heterocycles. The number of aromatic nitrogens is 2. The second kappa shape index (κ2) is 20.9. The lowest BCUT2D eigenvalue weighted by molar-refractivity contribution is -0.684. The molecule has 0 radical (unpaired) electrons. The minimum Gasteiger partial charge on any atom is -0.462 e. The van der Waals surface area contributed by atoms with Crippen LogP contribution in [0.5, 0.6) is 5.88 Å². The molecule has 6 rings (SSSR count). The van der Waals surface area contributed by atoms with Gasteiger partial charge in [-0.1, -0.05) is 78.9 Å². The molecule has 404 valence electrons. The third-order valence-corrected chi connectivity index (χ3v) is 11.0. The Morgan fingerprint density at radius 3 is 0.947 bits per heavy atom. The van der Waals surface area contributed by atoms with Gasteiger partial charge in [0, 0.05) is 5.56 Å². The summed E-state index contributed by atoms with van der Waals surface area (Å²) in [6.45, 7) is 0.269. The van der Waals surface area contributed by atoms with Crippen LogP contribution in [-0.2, 0) is 56.0 Å². The molecule has 0 spiro atoms. The lowest BCUT2D eigenvalue weighted by Crippen LogP contribution is -2.75. The lowest BCUT2D eigenvalue weighted by Gasteiger charge is -2.46. The Balaban J connectivity index is 0.000000483. The van der Waals surface area contributed by atoms with Crippen LogP contribution < -0.4 is 31.2 Å². The average Bonchev–Trinajstić information content (AvgIpc) is 3.27. The number of ketones is 1. The van der Waals surface area contributed by atoms with Crippen LogP contribution in [0.3, 0.4) is 0 Å². The van der Waals surface area contributed by atoms with Crippen molar-refractivity contribution in [3.05, 3.63) is 172 Å². The number of alkyl halides is 25. The molecule has 4 nitrogen and oxygen atoms in total. The molecule has 0 aliphatic carbocycles. The number of hydrogen-bond donors (Lipinski definition) is 0. The number of Topliss-reactive ketones (excluding diaryl/α,β-unsaturated/α-hetero) is 1. The summed E-state index contributed by atoms with van der Waals surface area (Å²) in [4.78, 5) is 16.0. The third kappa shape index (κ3) is 14.3. The molecule has 0 saturated heterocycles. The standard InChI is InChI=1S/C32H12BF24.C13H12BrN2O2/c34-25(35,36)13-1-14(26(37,38)39)6-21(5-13)33(22-7-15(27(40,41)42)2-16(8-22)28(43,44)45,23-9-17(29(46,47)48)3-18(10-23)30(49,50)51)24-11-19(31(52,53)54)4-20(12-24)32(55,56)57;14-10-18-13-9-16(7-6-15-13)8-12(17)11-4-2-1-3-5-11/h1-12H;1-7,9H,8,10H2/q-1;+1. The van der Waals surface area contributed by atoms with Crippen molar-refractivity contribution in [3.8, 4) is 5.88 Å². The second-order valence-corrected chi connectivity index (χ2v) is 16.3. The number of hydrogen-bond acceptors (Lipinski definition) is 3. The van der Waals surface area contributed by atoms with Crippen LogP contribution in [0.2, 0.25) is 0 Å². The van der Waals surface area contributed by atoms with Crippen molar-refractivity contribution in [2.45, 2.75) is 56.0 Å². The summed E-state index contributed by atoms with van der Waals surface area (Å²) >= 11 is 3.16. The van der Waals surface area contributed by atoms with Crippen molar-refractivity contribution in [3.63, 3.8) is 0 Å². The predicted octanol–water partition coefficient (Wildman–Crippen LogP) is 13.2. The Morgan fingerprint density at radius 2 is 0.707 bits per heavy atom. The third-order valence-electron chi connectivity index (χ3n) is 10.8. The Labute approximate surface area is 412 Å². The smallest absolute Gasteiger partial charge is 0.416 e. The van der Waals surface area contributed by atoms with Crippen LogP contribution in [-0.4, -0.2) is 22.4 Å². The summed E-state index contributed by atoms with van der Waals surface area (Å²) in [6.07, 6.45) is -49.8. The molecule has 0 fully saturated rings. The van der Waals surface area contributed by atoms with E-state index in [-0.39, 0.29) is 12.3 Å². The molecule has 0 amide bonds. The van der Waals surface area contributed by atoms with Gasteiger partial charge >= 0.3 is 49.4 Å². The molecule has 0 unspecified atom stereocenters. The van der Waals surface area contributed by atoms with Crippen molar-refractivity contribution in [1.82, 2.24) is 4.98 Å². The topological polar surface area (TPSA) is 43.1 Å². The Hall–Kier alpha value is -6.49. The maximum absolute atomic E-state index is 14.2. The number of halogens is 25. The van der Waals surface area contributed by atoms with E-state index in [4.69, 9.17) is 4.74 Å². The molecule has 0 atom stereocenters. The zero-order valence-corrected chi connectivity index (χ0v) is 37.8. The van der Waals surface area contributed by atoms with Crippen LogP contribution in [0.4, 0.5) is 105 Å². The number of rotatable bonds is 9. The number of ether oxygens (including phenoxy) is 1. The fraction of sp³-hybridized carbons (Fsp3) is 0.222. The van der Waals surface area contributed by atoms with Gasteiger partial charge in [-0.15, -0.1) is 0 Å². The largest absolute Gasteiger partial charge is 0.462 e. The fourth-order valence-electron chi connectivity index (χ4n) is 7.59.